The van der Waals surface area contributed by atoms with Gasteiger partial charge in [-0.1, -0.05) is 48.5 Å². The van der Waals surface area contributed by atoms with Crippen molar-refractivity contribution in [2.75, 3.05) is 11.9 Å². The van der Waals surface area contributed by atoms with E-state index in [1.807, 2.05) is 36.4 Å². The number of hydrogen-bond donors (Lipinski definition) is 2. The van der Waals surface area contributed by atoms with Gasteiger partial charge in [-0.15, -0.1) is 11.3 Å². The molecule has 1 amide bonds. The first-order chi connectivity index (χ1) is 12.1. The summed E-state index contributed by atoms with van der Waals surface area (Å²) in [6.45, 7) is -0.193. The van der Waals surface area contributed by atoms with Gasteiger partial charge in [0.1, 0.15) is 16.3 Å². The number of carbonyl (C=O) groups is 2. The molecule has 2 N–H and O–H groups in total. The lowest BCUT2D eigenvalue weighted by Crippen LogP contribution is -2.20. The molecule has 0 radical (unpaired) electrons. The van der Waals surface area contributed by atoms with Crippen molar-refractivity contribution in [3.05, 3.63) is 71.6 Å². The van der Waals surface area contributed by atoms with Gasteiger partial charge in [-0.3, -0.25) is 4.79 Å². The van der Waals surface area contributed by atoms with Crippen LogP contribution in [0.3, 0.4) is 0 Å². The fraction of sp³-hybridized carbons (Fsp3) is 0.0526. The first-order valence-electron chi connectivity index (χ1n) is 7.53. The molecule has 3 rings (SSSR count). The Morgan fingerprint density at radius 3 is 2.28 bits per heavy atom. The number of aromatic carboxylic acids is 1. The van der Waals surface area contributed by atoms with Crippen LogP contribution in [0.2, 0.25) is 0 Å². The summed E-state index contributed by atoms with van der Waals surface area (Å²) in [5, 5.41) is 14.2. The second-order valence-corrected chi connectivity index (χ2v) is 6.05. The van der Waals surface area contributed by atoms with Gasteiger partial charge < -0.3 is 15.2 Å². The average molecular weight is 353 g/mol. The number of para-hydroxylation sites is 1. The highest BCUT2D eigenvalue weighted by Crippen LogP contribution is 2.35. The van der Waals surface area contributed by atoms with Crippen LogP contribution in [0.5, 0.6) is 5.75 Å². The molecule has 0 bridgehead atoms. The lowest BCUT2D eigenvalue weighted by Gasteiger charge is -2.07. The Kier molecular flexibility index (Phi) is 5.11. The van der Waals surface area contributed by atoms with E-state index in [9.17, 15) is 14.7 Å². The number of thiophene rings is 1. The van der Waals surface area contributed by atoms with Crippen molar-refractivity contribution in [1.29, 1.82) is 0 Å². The number of carboxylic acids is 1. The van der Waals surface area contributed by atoms with Gasteiger partial charge >= 0.3 is 5.97 Å². The molecule has 0 unspecified atom stereocenters. The van der Waals surface area contributed by atoms with Gasteiger partial charge in [0, 0.05) is 10.9 Å². The maximum atomic E-state index is 12.1. The number of nitrogens with one attached hydrogen (secondary N) is 1. The predicted molar refractivity (Wildman–Crippen MR) is 97.3 cm³/mol. The average Bonchev–Trinajstić information content (AvgIpc) is 3.05. The fourth-order valence-electron chi connectivity index (χ4n) is 2.32. The number of carbonyl (C=O) groups excluding carboxylic acids is 1. The number of ether oxygens (including phenoxy) is 1. The Morgan fingerprint density at radius 2 is 1.64 bits per heavy atom. The normalized spacial score (nSPS) is 10.2. The monoisotopic (exact) mass is 353 g/mol. The molecule has 0 saturated heterocycles. The van der Waals surface area contributed by atoms with Gasteiger partial charge in [-0.25, -0.2) is 4.79 Å². The number of anilines is 1. The minimum Gasteiger partial charge on any atom is -0.484 e. The van der Waals surface area contributed by atoms with Crippen molar-refractivity contribution >= 4 is 28.2 Å². The number of amides is 1. The summed E-state index contributed by atoms with van der Waals surface area (Å²) >= 11 is 1.18. The molecule has 0 atom stereocenters. The van der Waals surface area contributed by atoms with Crippen LogP contribution in [-0.2, 0) is 4.79 Å². The molecule has 1 aromatic heterocycles. The molecule has 0 aliphatic carbocycles. The molecule has 2 aromatic carbocycles. The van der Waals surface area contributed by atoms with Crippen LogP contribution in [0, 0.1) is 0 Å². The minimum atomic E-state index is -1.08. The molecule has 0 saturated carbocycles. The smallest absolute Gasteiger partial charge is 0.339 e. The first kappa shape index (κ1) is 16.7. The molecule has 6 heteroatoms. The van der Waals surface area contributed by atoms with Crippen LogP contribution < -0.4 is 10.1 Å². The molecule has 0 aliphatic heterocycles. The summed E-state index contributed by atoms with van der Waals surface area (Å²) in [6, 6.07) is 18.2. The van der Waals surface area contributed by atoms with Gasteiger partial charge in [0.15, 0.2) is 6.61 Å². The predicted octanol–water partition coefficient (Wildman–Crippen LogP) is 4.13. The zero-order valence-corrected chi connectivity index (χ0v) is 14.0. The summed E-state index contributed by atoms with van der Waals surface area (Å²) in [6.07, 6.45) is 0. The van der Waals surface area contributed by atoms with E-state index in [0.29, 0.717) is 16.3 Å². The number of benzene rings is 2. The van der Waals surface area contributed by atoms with E-state index < -0.39 is 11.9 Å². The lowest BCUT2D eigenvalue weighted by atomic mass is 10.0. The van der Waals surface area contributed by atoms with Gasteiger partial charge in [-0.05, 0) is 17.7 Å². The van der Waals surface area contributed by atoms with Crippen LogP contribution in [0.1, 0.15) is 10.4 Å². The van der Waals surface area contributed by atoms with E-state index in [4.69, 9.17) is 4.74 Å². The Balaban J connectivity index is 1.75. The standard InChI is InChI=1S/C19H15NO4S/c21-16(11-24-14-9-5-2-6-10-14)20-18-17(19(22)23)15(12-25-18)13-7-3-1-4-8-13/h1-10,12H,11H2,(H,20,21)(H,22,23). The Hall–Kier alpha value is -3.12. The van der Waals surface area contributed by atoms with Crippen LogP contribution in [0.15, 0.2) is 66.0 Å². The van der Waals surface area contributed by atoms with Crippen LogP contribution in [-0.4, -0.2) is 23.6 Å². The van der Waals surface area contributed by atoms with Crippen LogP contribution >= 0.6 is 11.3 Å². The van der Waals surface area contributed by atoms with Crippen LogP contribution in [0.4, 0.5) is 5.00 Å². The highest BCUT2D eigenvalue weighted by atomic mass is 32.1. The third-order valence-electron chi connectivity index (χ3n) is 3.46. The van der Waals surface area contributed by atoms with Gasteiger partial charge in [0.2, 0.25) is 0 Å². The summed E-state index contributed by atoms with van der Waals surface area (Å²) in [7, 11) is 0. The Labute approximate surface area is 148 Å². The number of rotatable bonds is 6. The fourth-order valence-corrected chi connectivity index (χ4v) is 3.30. The van der Waals surface area contributed by atoms with Crippen molar-refractivity contribution in [2.24, 2.45) is 0 Å². The second-order valence-electron chi connectivity index (χ2n) is 5.17. The summed E-state index contributed by atoms with van der Waals surface area (Å²) in [5.74, 6) is -0.917. The topological polar surface area (TPSA) is 75.6 Å². The van der Waals surface area contributed by atoms with E-state index in [2.05, 4.69) is 5.32 Å². The van der Waals surface area contributed by atoms with Crippen molar-refractivity contribution in [1.82, 2.24) is 0 Å². The maximum Gasteiger partial charge on any atom is 0.339 e. The van der Waals surface area contributed by atoms with Gasteiger partial charge in [0.25, 0.3) is 5.91 Å². The number of carboxylic acid groups (broad SMARTS) is 1. The molecular formula is C19H15NO4S. The van der Waals surface area contributed by atoms with E-state index in [-0.39, 0.29) is 12.2 Å². The van der Waals surface area contributed by atoms with Gasteiger partial charge in [0.05, 0.1) is 0 Å². The van der Waals surface area contributed by atoms with Crippen molar-refractivity contribution in [3.63, 3.8) is 0 Å². The van der Waals surface area contributed by atoms with Crippen molar-refractivity contribution in [3.8, 4) is 16.9 Å². The summed E-state index contributed by atoms with van der Waals surface area (Å²) < 4.78 is 5.38. The molecule has 0 fully saturated rings. The third-order valence-corrected chi connectivity index (χ3v) is 4.35. The number of hydrogen-bond acceptors (Lipinski definition) is 4. The summed E-state index contributed by atoms with van der Waals surface area (Å²) in [5.41, 5.74) is 1.46. The molecule has 25 heavy (non-hydrogen) atoms. The van der Waals surface area contributed by atoms with E-state index in [0.717, 1.165) is 5.56 Å². The third kappa shape index (κ3) is 4.05. The van der Waals surface area contributed by atoms with E-state index in [1.54, 1.807) is 29.6 Å². The first-order valence-corrected chi connectivity index (χ1v) is 8.41. The zero-order chi connectivity index (χ0) is 17.6. The molecule has 1 heterocycles. The van der Waals surface area contributed by atoms with Crippen molar-refractivity contribution < 1.29 is 19.4 Å². The van der Waals surface area contributed by atoms with Crippen molar-refractivity contribution in [2.45, 2.75) is 0 Å². The van der Waals surface area contributed by atoms with E-state index >= 15 is 0 Å². The SMILES string of the molecule is O=C(COc1ccccc1)Nc1scc(-c2ccccc2)c1C(=O)O. The van der Waals surface area contributed by atoms with Gasteiger partial charge in [-0.2, -0.15) is 0 Å². The van der Waals surface area contributed by atoms with E-state index in [1.165, 1.54) is 11.3 Å². The van der Waals surface area contributed by atoms with Crippen LogP contribution in [0.25, 0.3) is 11.1 Å². The molecule has 0 spiro atoms. The molecule has 3 aromatic rings. The summed E-state index contributed by atoms with van der Waals surface area (Å²) in [4.78, 5) is 23.7. The lowest BCUT2D eigenvalue weighted by molar-refractivity contribution is -0.118. The largest absolute Gasteiger partial charge is 0.484 e. The quantitative estimate of drug-likeness (QED) is 0.699. The molecular weight excluding hydrogens is 338 g/mol. The Bertz CT molecular complexity index is 875. The highest BCUT2D eigenvalue weighted by molar-refractivity contribution is 7.15. The zero-order valence-electron chi connectivity index (χ0n) is 13.1. The molecule has 0 aliphatic rings. The maximum absolute atomic E-state index is 12.1. The second kappa shape index (κ2) is 7.63. The molecule has 5 nitrogen and oxygen atoms in total. The Morgan fingerprint density at radius 1 is 1.00 bits per heavy atom. The highest BCUT2D eigenvalue weighted by Gasteiger charge is 2.21. The minimum absolute atomic E-state index is 0.0873. The molecule has 126 valence electrons.